The van der Waals surface area contributed by atoms with Crippen LogP contribution in [0.3, 0.4) is 0 Å². The van der Waals surface area contributed by atoms with Gasteiger partial charge in [-0.05, 0) is 50.0 Å². The molecule has 4 aromatic rings. The molecule has 0 unspecified atom stereocenters. The van der Waals surface area contributed by atoms with Gasteiger partial charge in [0.25, 0.3) is 0 Å². The minimum atomic E-state index is -0.187. The normalized spacial score (nSPS) is 12.2. The van der Waals surface area contributed by atoms with Crippen LogP contribution >= 0.6 is 0 Å². The summed E-state index contributed by atoms with van der Waals surface area (Å²) in [6, 6.07) is 21.3. The maximum absolute atomic E-state index is 12.3. The Morgan fingerprint density at radius 1 is 1.03 bits per heavy atom. The van der Waals surface area contributed by atoms with Crippen LogP contribution in [0.1, 0.15) is 17.3 Å². The molecule has 2 aromatic carbocycles. The first-order chi connectivity index (χ1) is 17.6. The van der Waals surface area contributed by atoms with Gasteiger partial charge in [-0.15, -0.1) is 0 Å². The molecule has 2 aromatic heterocycles. The average Bonchev–Trinajstić information content (AvgIpc) is 2.89. The molecular formula is C28H30N6O2. The number of carbonyl (C=O) groups excluding carboxylic acids is 1. The van der Waals surface area contributed by atoms with Gasteiger partial charge in [0.05, 0.1) is 30.5 Å². The van der Waals surface area contributed by atoms with E-state index < -0.39 is 0 Å². The molecule has 0 aliphatic rings. The molecule has 2 N–H and O–H groups in total. The van der Waals surface area contributed by atoms with E-state index >= 15 is 0 Å². The molecule has 184 valence electrons. The van der Waals surface area contributed by atoms with Crippen molar-refractivity contribution in [2.24, 2.45) is 0 Å². The number of hydrogen-bond donors (Lipinski definition) is 2. The highest BCUT2D eigenvalue weighted by atomic mass is 16.5. The maximum atomic E-state index is 12.3. The molecule has 0 spiro atoms. The SMILES string of the molecule is CN(C)CC=CC(=O)Nc1ccc2ncnc(N[C@H](COCc3ccccn3)c3ccccc3)c2c1. The van der Waals surface area contributed by atoms with E-state index in [-0.39, 0.29) is 11.9 Å². The summed E-state index contributed by atoms with van der Waals surface area (Å²) in [6.07, 6.45) is 6.65. The summed E-state index contributed by atoms with van der Waals surface area (Å²) in [5.41, 5.74) is 3.38. The number of benzene rings is 2. The number of pyridine rings is 1. The first-order valence-electron chi connectivity index (χ1n) is 11.7. The number of anilines is 2. The van der Waals surface area contributed by atoms with Crippen LogP contribution in [-0.2, 0) is 16.1 Å². The predicted octanol–water partition coefficient (Wildman–Crippen LogP) is 4.45. The molecule has 0 saturated heterocycles. The van der Waals surface area contributed by atoms with E-state index in [1.165, 1.54) is 12.4 Å². The molecule has 1 atom stereocenters. The topological polar surface area (TPSA) is 92.3 Å². The van der Waals surface area contributed by atoms with E-state index in [2.05, 4.69) is 37.7 Å². The van der Waals surface area contributed by atoms with Crippen molar-refractivity contribution in [3.05, 3.63) is 103 Å². The third kappa shape index (κ3) is 7.18. The fraction of sp³-hybridized carbons (Fsp3) is 0.214. The fourth-order valence-electron chi connectivity index (χ4n) is 3.64. The molecule has 8 heteroatoms. The van der Waals surface area contributed by atoms with Crippen LogP contribution in [-0.4, -0.2) is 53.0 Å². The second-order valence-electron chi connectivity index (χ2n) is 8.55. The average molecular weight is 483 g/mol. The van der Waals surface area contributed by atoms with Crippen LogP contribution in [0.15, 0.2) is 91.4 Å². The Bertz CT molecular complexity index is 1300. The molecule has 36 heavy (non-hydrogen) atoms. The predicted molar refractivity (Wildman–Crippen MR) is 143 cm³/mol. The van der Waals surface area contributed by atoms with Gasteiger partial charge in [0.1, 0.15) is 12.1 Å². The summed E-state index contributed by atoms with van der Waals surface area (Å²) < 4.78 is 6.01. The van der Waals surface area contributed by atoms with E-state index in [0.717, 1.165) is 22.2 Å². The summed E-state index contributed by atoms with van der Waals surface area (Å²) >= 11 is 0. The second-order valence-corrected chi connectivity index (χ2v) is 8.55. The quantitative estimate of drug-likeness (QED) is 0.305. The highest BCUT2D eigenvalue weighted by molar-refractivity contribution is 6.01. The summed E-state index contributed by atoms with van der Waals surface area (Å²) in [4.78, 5) is 27.5. The van der Waals surface area contributed by atoms with E-state index in [1.54, 1.807) is 6.20 Å². The van der Waals surface area contributed by atoms with Crippen molar-refractivity contribution >= 4 is 28.3 Å². The fourth-order valence-corrected chi connectivity index (χ4v) is 3.64. The van der Waals surface area contributed by atoms with Crippen molar-refractivity contribution in [2.75, 3.05) is 37.9 Å². The lowest BCUT2D eigenvalue weighted by molar-refractivity contribution is -0.111. The van der Waals surface area contributed by atoms with Gasteiger partial charge in [-0.25, -0.2) is 9.97 Å². The number of amides is 1. The van der Waals surface area contributed by atoms with Crippen LogP contribution in [0.4, 0.5) is 11.5 Å². The van der Waals surface area contributed by atoms with Crippen molar-refractivity contribution < 1.29 is 9.53 Å². The summed E-state index contributed by atoms with van der Waals surface area (Å²) in [5.74, 6) is 0.474. The van der Waals surface area contributed by atoms with E-state index in [1.807, 2.05) is 79.7 Å². The standard InChI is InChI=1S/C28H30N6O2/c1-34(2)16-8-12-27(35)32-22-13-14-25-24(17-22)28(31-20-30-25)33-26(21-9-4-3-5-10-21)19-36-18-23-11-6-7-15-29-23/h3-15,17,20,26H,16,18-19H2,1-2H3,(H,32,35)(H,30,31,33)/t26-/m1/s1. The Hall–Kier alpha value is -4.14. The minimum absolute atomic E-state index is 0.153. The summed E-state index contributed by atoms with van der Waals surface area (Å²) in [6.45, 7) is 1.52. The first-order valence-corrected chi connectivity index (χ1v) is 11.7. The Morgan fingerprint density at radius 3 is 2.64 bits per heavy atom. The summed E-state index contributed by atoms with van der Waals surface area (Å²) in [7, 11) is 3.90. The zero-order valence-electron chi connectivity index (χ0n) is 20.5. The van der Waals surface area contributed by atoms with Gasteiger partial charge < -0.3 is 20.3 Å². The number of aromatic nitrogens is 3. The van der Waals surface area contributed by atoms with Crippen LogP contribution in [0.5, 0.6) is 0 Å². The lowest BCUT2D eigenvalue weighted by Crippen LogP contribution is -2.18. The van der Waals surface area contributed by atoms with E-state index in [0.29, 0.717) is 31.3 Å². The molecule has 2 heterocycles. The van der Waals surface area contributed by atoms with Crippen molar-refractivity contribution in [2.45, 2.75) is 12.6 Å². The monoisotopic (exact) mass is 482 g/mol. The Labute approximate surface area is 211 Å². The number of nitrogens with one attached hydrogen (secondary N) is 2. The zero-order chi connectivity index (χ0) is 25.2. The Balaban J connectivity index is 1.53. The van der Waals surface area contributed by atoms with Gasteiger partial charge in [0.2, 0.25) is 5.91 Å². The number of rotatable bonds is 11. The van der Waals surface area contributed by atoms with Gasteiger partial charge in [0, 0.05) is 29.9 Å². The highest BCUT2D eigenvalue weighted by Crippen LogP contribution is 2.27. The summed E-state index contributed by atoms with van der Waals surface area (Å²) in [5, 5.41) is 7.24. The van der Waals surface area contributed by atoms with Gasteiger partial charge >= 0.3 is 0 Å². The molecule has 0 aliphatic carbocycles. The number of hydrogen-bond acceptors (Lipinski definition) is 7. The Kier molecular flexibility index (Phi) is 8.69. The van der Waals surface area contributed by atoms with Gasteiger partial charge in [-0.1, -0.05) is 42.5 Å². The van der Waals surface area contributed by atoms with Gasteiger partial charge in [-0.2, -0.15) is 0 Å². The number of likely N-dealkylation sites (N-methyl/N-ethyl adjacent to an activating group) is 1. The van der Waals surface area contributed by atoms with Crippen LogP contribution in [0, 0.1) is 0 Å². The lowest BCUT2D eigenvalue weighted by Gasteiger charge is -2.21. The molecule has 0 radical (unpaired) electrons. The highest BCUT2D eigenvalue weighted by Gasteiger charge is 2.15. The number of carbonyl (C=O) groups is 1. The van der Waals surface area contributed by atoms with Crippen molar-refractivity contribution in [3.63, 3.8) is 0 Å². The number of ether oxygens (including phenoxy) is 1. The smallest absolute Gasteiger partial charge is 0.248 e. The first kappa shape index (κ1) is 25.0. The molecule has 0 fully saturated rings. The van der Waals surface area contributed by atoms with Crippen LogP contribution in [0.25, 0.3) is 10.9 Å². The number of nitrogens with zero attached hydrogens (tertiary/aromatic N) is 4. The second kappa shape index (κ2) is 12.5. The minimum Gasteiger partial charge on any atom is -0.373 e. The molecular weight excluding hydrogens is 452 g/mol. The van der Waals surface area contributed by atoms with Crippen molar-refractivity contribution in [1.29, 1.82) is 0 Å². The zero-order valence-corrected chi connectivity index (χ0v) is 20.5. The van der Waals surface area contributed by atoms with Crippen LogP contribution < -0.4 is 10.6 Å². The largest absolute Gasteiger partial charge is 0.373 e. The lowest BCUT2D eigenvalue weighted by atomic mass is 10.1. The third-order valence-electron chi connectivity index (χ3n) is 5.42. The Morgan fingerprint density at radius 2 is 1.86 bits per heavy atom. The molecule has 0 saturated carbocycles. The van der Waals surface area contributed by atoms with Crippen LogP contribution in [0.2, 0.25) is 0 Å². The molecule has 1 amide bonds. The number of fused-ring (bicyclic) bond motifs is 1. The van der Waals surface area contributed by atoms with E-state index in [9.17, 15) is 4.79 Å². The molecule has 0 bridgehead atoms. The molecule has 8 nitrogen and oxygen atoms in total. The van der Waals surface area contributed by atoms with Gasteiger partial charge in [-0.3, -0.25) is 9.78 Å². The van der Waals surface area contributed by atoms with Gasteiger partial charge in [0.15, 0.2) is 0 Å². The van der Waals surface area contributed by atoms with E-state index in [4.69, 9.17) is 4.74 Å². The van der Waals surface area contributed by atoms with Crippen molar-refractivity contribution in [3.8, 4) is 0 Å². The molecule has 0 aliphatic heterocycles. The molecule has 4 rings (SSSR count). The third-order valence-corrected chi connectivity index (χ3v) is 5.42. The maximum Gasteiger partial charge on any atom is 0.248 e. The van der Waals surface area contributed by atoms with Crippen molar-refractivity contribution in [1.82, 2.24) is 19.9 Å².